The molecule has 0 aliphatic carbocycles. The second kappa shape index (κ2) is 9.37. The summed E-state index contributed by atoms with van der Waals surface area (Å²) in [7, 11) is 1.58. The number of anilines is 1. The highest BCUT2D eigenvalue weighted by Crippen LogP contribution is 2.37. The molecule has 6 heteroatoms. The number of aliphatic hydroxyl groups is 1. The minimum atomic E-state index is -0.590. The van der Waals surface area contributed by atoms with E-state index in [2.05, 4.69) is 42.2 Å². The summed E-state index contributed by atoms with van der Waals surface area (Å²) in [5, 5.41) is 9.89. The van der Waals surface area contributed by atoms with Gasteiger partial charge in [0.2, 0.25) is 0 Å². The van der Waals surface area contributed by atoms with Gasteiger partial charge in [-0.3, -0.25) is 0 Å². The Morgan fingerprint density at radius 1 is 1.06 bits per heavy atom. The van der Waals surface area contributed by atoms with Crippen LogP contribution in [-0.2, 0) is 15.9 Å². The molecule has 2 saturated heterocycles. The molecule has 5 nitrogen and oxygen atoms in total. The number of aliphatic hydroxyl groups excluding tert-OH is 1. The summed E-state index contributed by atoms with van der Waals surface area (Å²) in [6.45, 7) is 3.96. The van der Waals surface area contributed by atoms with Crippen LogP contribution < -0.4 is 9.64 Å². The van der Waals surface area contributed by atoms with Crippen molar-refractivity contribution < 1.29 is 23.7 Å². The Kier molecular flexibility index (Phi) is 6.30. The van der Waals surface area contributed by atoms with Gasteiger partial charge in [-0.15, -0.1) is 0 Å². The SMILES string of the molecule is COc1ccc(F)c(-c2ccc(Cc3ccc(N4CC5(C[C@@H]4CO)OCCO5)cc3)c(C)c2)c1. The van der Waals surface area contributed by atoms with Gasteiger partial charge in [0.1, 0.15) is 11.6 Å². The van der Waals surface area contributed by atoms with Gasteiger partial charge in [-0.2, -0.15) is 0 Å². The molecule has 3 aromatic carbocycles. The van der Waals surface area contributed by atoms with Gasteiger partial charge >= 0.3 is 0 Å². The number of ether oxygens (including phenoxy) is 3. The quantitative estimate of drug-likeness (QED) is 0.574. The Balaban J connectivity index is 1.32. The molecular formula is C28H30FNO4. The molecule has 0 bridgehead atoms. The monoisotopic (exact) mass is 463 g/mol. The first kappa shape index (κ1) is 22.8. The molecule has 0 aromatic heterocycles. The van der Waals surface area contributed by atoms with Crippen LogP contribution in [0.2, 0.25) is 0 Å². The van der Waals surface area contributed by atoms with E-state index in [-0.39, 0.29) is 18.5 Å². The average Bonchev–Trinajstić information content (AvgIpc) is 3.47. The van der Waals surface area contributed by atoms with Crippen LogP contribution in [0.4, 0.5) is 10.1 Å². The van der Waals surface area contributed by atoms with Crippen molar-refractivity contribution in [2.45, 2.75) is 31.6 Å². The molecule has 0 amide bonds. The van der Waals surface area contributed by atoms with Crippen molar-refractivity contribution in [1.82, 2.24) is 0 Å². The molecule has 1 spiro atoms. The average molecular weight is 464 g/mol. The lowest BCUT2D eigenvalue weighted by Crippen LogP contribution is -2.35. The van der Waals surface area contributed by atoms with Crippen molar-refractivity contribution in [2.75, 3.05) is 38.4 Å². The molecule has 2 fully saturated rings. The lowest BCUT2D eigenvalue weighted by Gasteiger charge is -2.26. The smallest absolute Gasteiger partial charge is 0.188 e. The fraction of sp³-hybridized carbons (Fsp3) is 0.357. The standard InChI is InChI=1S/C28H30FNO4/c1-19-13-22(26-15-25(32-2)9-10-27(26)29)6-5-21(19)14-20-3-7-23(8-4-20)30-18-28(16-24(30)17-31)33-11-12-34-28/h3-10,13,15,24,31H,11-12,14,16-18H2,1-2H3/t24-/m1/s1. The maximum Gasteiger partial charge on any atom is 0.188 e. The summed E-state index contributed by atoms with van der Waals surface area (Å²) < 4.78 is 31.4. The first-order valence-corrected chi connectivity index (χ1v) is 11.7. The summed E-state index contributed by atoms with van der Waals surface area (Å²) in [6, 6.07) is 19.3. The predicted molar refractivity (Wildman–Crippen MR) is 130 cm³/mol. The van der Waals surface area contributed by atoms with E-state index in [9.17, 15) is 9.50 Å². The molecule has 1 atom stereocenters. The molecule has 1 N–H and O–H groups in total. The van der Waals surface area contributed by atoms with E-state index >= 15 is 0 Å². The molecule has 2 aliphatic rings. The van der Waals surface area contributed by atoms with E-state index in [1.54, 1.807) is 19.2 Å². The maximum atomic E-state index is 14.4. The summed E-state index contributed by atoms with van der Waals surface area (Å²) >= 11 is 0. The van der Waals surface area contributed by atoms with Crippen molar-refractivity contribution in [2.24, 2.45) is 0 Å². The number of methoxy groups -OCH3 is 1. The third-order valence-electron chi connectivity index (χ3n) is 6.91. The minimum absolute atomic E-state index is 0.0178. The maximum absolute atomic E-state index is 14.4. The van der Waals surface area contributed by atoms with Gasteiger partial charge in [0, 0.05) is 17.7 Å². The second-order valence-electron chi connectivity index (χ2n) is 9.11. The minimum Gasteiger partial charge on any atom is -0.497 e. The third kappa shape index (κ3) is 4.41. The van der Waals surface area contributed by atoms with Crippen LogP contribution in [0, 0.1) is 12.7 Å². The summed E-state index contributed by atoms with van der Waals surface area (Å²) in [5.41, 5.74) is 5.93. The Morgan fingerprint density at radius 3 is 2.50 bits per heavy atom. The van der Waals surface area contributed by atoms with E-state index in [1.165, 1.54) is 17.2 Å². The van der Waals surface area contributed by atoms with Gasteiger partial charge < -0.3 is 24.2 Å². The van der Waals surface area contributed by atoms with E-state index in [1.807, 2.05) is 12.1 Å². The Labute approximate surface area is 199 Å². The van der Waals surface area contributed by atoms with Crippen LogP contribution in [0.1, 0.15) is 23.1 Å². The largest absolute Gasteiger partial charge is 0.497 e. The van der Waals surface area contributed by atoms with Crippen LogP contribution in [0.3, 0.4) is 0 Å². The van der Waals surface area contributed by atoms with Crippen LogP contribution in [0.15, 0.2) is 60.7 Å². The van der Waals surface area contributed by atoms with Crippen LogP contribution in [0.5, 0.6) is 5.75 Å². The van der Waals surface area contributed by atoms with Crippen LogP contribution in [-0.4, -0.2) is 50.4 Å². The molecule has 0 radical (unpaired) electrons. The Bertz CT molecular complexity index is 1160. The van der Waals surface area contributed by atoms with Crippen molar-refractivity contribution in [3.05, 3.63) is 83.2 Å². The van der Waals surface area contributed by atoms with Crippen LogP contribution in [0.25, 0.3) is 11.1 Å². The van der Waals surface area contributed by atoms with Gasteiger partial charge in [-0.05, 0) is 65.9 Å². The van der Waals surface area contributed by atoms with Gasteiger partial charge in [0.25, 0.3) is 0 Å². The molecule has 3 aromatic rings. The summed E-state index contributed by atoms with van der Waals surface area (Å²) in [5.74, 6) is -0.217. The van der Waals surface area contributed by atoms with Gasteiger partial charge in [-0.25, -0.2) is 4.39 Å². The van der Waals surface area contributed by atoms with Crippen molar-refractivity contribution in [3.8, 4) is 16.9 Å². The van der Waals surface area contributed by atoms with Gasteiger partial charge in [0.05, 0.1) is 39.5 Å². The number of rotatable bonds is 6. The molecule has 0 saturated carbocycles. The van der Waals surface area contributed by atoms with Crippen LogP contribution >= 0.6 is 0 Å². The Hall–Kier alpha value is -2.93. The number of hydrogen-bond donors (Lipinski definition) is 1. The lowest BCUT2D eigenvalue weighted by molar-refractivity contribution is -0.140. The topological polar surface area (TPSA) is 51.2 Å². The zero-order valence-corrected chi connectivity index (χ0v) is 19.6. The fourth-order valence-electron chi connectivity index (χ4n) is 5.03. The first-order chi connectivity index (χ1) is 16.5. The summed E-state index contributed by atoms with van der Waals surface area (Å²) in [6.07, 6.45) is 1.46. The predicted octanol–water partition coefficient (Wildman–Crippen LogP) is 4.71. The highest BCUT2D eigenvalue weighted by molar-refractivity contribution is 5.67. The highest BCUT2D eigenvalue weighted by atomic mass is 19.1. The third-order valence-corrected chi connectivity index (χ3v) is 6.91. The molecule has 5 rings (SSSR count). The normalized spacial score (nSPS) is 19.2. The molecule has 2 heterocycles. The zero-order valence-electron chi connectivity index (χ0n) is 19.6. The molecule has 34 heavy (non-hydrogen) atoms. The number of benzene rings is 3. The van der Waals surface area contributed by atoms with E-state index < -0.39 is 5.79 Å². The van der Waals surface area contributed by atoms with Crippen molar-refractivity contribution in [3.63, 3.8) is 0 Å². The van der Waals surface area contributed by atoms with Gasteiger partial charge in [0.15, 0.2) is 5.79 Å². The fourth-order valence-corrected chi connectivity index (χ4v) is 5.03. The number of hydrogen-bond acceptors (Lipinski definition) is 5. The van der Waals surface area contributed by atoms with Crippen molar-refractivity contribution in [1.29, 1.82) is 0 Å². The highest BCUT2D eigenvalue weighted by Gasteiger charge is 2.48. The molecule has 2 aliphatic heterocycles. The second-order valence-corrected chi connectivity index (χ2v) is 9.11. The number of halogens is 1. The molecular weight excluding hydrogens is 433 g/mol. The van der Waals surface area contributed by atoms with Gasteiger partial charge in [-0.1, -0.05) is 30.3 Å². The number of nitrogens with zero attached hydrogens (tertiary/aromatic N) is 1. The molecule has 0 unspecified atom stereocenters. The zero-order chi connectivity index (χ0) is 23.7. The molecule has 178 valence electrons. The Morgan fingerprint density at radius 2 is 1.82 bits per heavy atom. The number of aryl methyl sites for hydroxylation is 1. The first-order valence-electron chi connectivity index (χ1n) is 11.7. The van der Waals surface area contributed by atoms with E-state index in [0.29, 0.717) is 37.5 Å². The van der Waals surface area contributed by atoms with E-state index in [0.717, 1.165) is 23.2 Å². The van der Waals surface area contributed by atoms with E-state index in [4.69, 9.17) is 14.2 Å². The lowest BCUT2D eigenvalue weighted by atomic mass is 9.95. The van der Waals surface area contributed by atoms with Crippen molar-refractivity contribution >= 4 is 5.69 Å². The summed E-state index contributed by atoms with van der Waals surface area (Å²) in [4.78, 5) is 2.18.